The molecule has 2 aliphatic heterocycles. The minimum atomic E-state index is -0.488. The van der Waals surface area contributed by atoms with E-state index in [1.54, 1.807) is 4.90 Å². The molecule has 4 rings (SSSR count). The molecule has 0 bridgehead atoms. The van der Waals surface area contributed by atoms with Crippen LogP contribution in [0, 0.1) is 6.92 Å². The van der Waals surface area contributed by atoms with Crippen LogP contribution in [0.15, 0.2) is 42.6 Å². The van der Waals surface area contributed by atoms with Gasteiger partial charge in [-0.05, 0) is 63.8 Å². The number of hydrogen-bond donors (Lipinski definition) is 0. The smallest absolute Gasteiger partial charge is 0.410 e. The van der Waals surface area contributed by atoms with Gasteiger partial charge in [-0.2, -0.15) is 0 Å². The fourth-order valence-corrected chi connectivity index (χ4v) is 4.85. The number of aryl methyl sites for hydroxylation is 1. The third-order valence-electron chi connectivity index (χ3n) is 6.82. The standard InChI is InChI=1S/C27H38N4O3/c1-21-8-5-6-9-22(21)20-28-16-18-29(19-17-28)25(32)24-10-7-13-31(24)23-11-14-30(15-12-23)26(33)34-27(2,3)4/h5-10,13,23H,11-12,14-20H2,1-4H3. The van der Waals surface area contributed by atoms with Crippen molar-refractivity contribution in [2.45, 2.75) is 58.7 Å². The summed E-state index contributed by atoms with van der Waals surface area (Å²) < 4.78 is 7.63. The molecule has 2 amide bonds. The first-order chi connectivity index (χ1) is 16.2. The lowest BCUT2D eigenvalue weighted by Gasteiger charge is -2.36. The Kier molecular flexibility index (Phi) is 7.31. The molecule has 2 saturated heterocycles. The molecule has 1 aromatic carbocycles. The normalized spacial score (nSPS) is 18.2. The van der Waals surface area contributed by atoms with Gasteiger partial charge in [-0.3, -0.25) is 9.69 Å². The summed E-state index contributed by atoms with van der Waals surface area (Å²) in [4.78, 5) is 31.9. The molecule has 2 aliphatic rings. The van der Waals surface area contributed by atoms with Crippen LogP contribution in [-0.2, 0) is 11.3 Å². The number of carbonyl (C=O) groups excluding carboxylic acids is 2. The van der Waals surface area contributed by atoms with Gasteiger partial charge in [-0.25, -0.2) is 4.79 Å². The van der Waals surface area contributed by atoms with Crippen LogP contribution < -0.4 is 0 Å². The van der Waals surface area contributed by atoms with Crippen LogP contribution in [-0.4, -0.2) is 76.1 Å². The van der Waals surface area contributed by atoms with Gasteiger partial charge >= 0.3 is 6.09 Å². The van der Waals surface area contributed by atoms with Crippen molar-refractivity contribution >= 4 is 12.0 Å². The van der Waals surface area contributed by atoms with Gasteiger partial charge in [0.1, 0.15) is 11.3 Å². The number of piperidine rings is 1. The van der Waals surface area contributed by atoms with Crippen LogP contribution in [0.4, 0.5) is 4.79 Å². The minimum absolute atomic E-state index is 0.107. The van der Waals surface area contributed by atoms with Crippen molar-refractivity contribution < 1.29 is 14.3 Å². The second kappa shape index (κ2) is 10.2. The summed E-state index contributed by atoms with van der Waals surface area (Å²) in [5.41, 5.74) is 2.94. The largest absolute Gasteiger partial charge is 0.444 e. The maximum Gasteiger partial charge on any atom is 0.410 e. The van der Waals surface area contributed by atoms with E-state index in [2.05, 4.69) is 40.7 Å². The van der Waals surface area contributed by atoms with Crippen molar-refractivity contribution in [1.29, 1.82) is 0 Å². The lowest BCUT2D eigenvalue weighted by Crippen LogP contribution is -2.49. The van der Waals surface area contributed by atoms with Gasteiger partial charge in [0.25, 0.3) is 5.91 Å². The summed E-state index contributed by atoms with van der Waals surface area (Å²) in [6.45, 7) is 13.3. The molecule has 2 fully saturated rings. The summed E-state index contributed by atoms with van der Waals surface area (Å²) >= 11 is 0. The van der Waals surface area contributed by atoms with Crippen LogP contribution in [0.3, 0.4) is 0 Å². The summed E-state index contributed by atoms with van der Waals surface area (Å²) in [6.07, 6.45) is 3.39. The Bertz CT molecular complexity index is 993. The fraction of sp³-hybridized carbons (Fsp3) is 0.556. The number of benzene rings is 1. The Balaban J connectivity index is 1.31. The molecule has 3 heterocycles. The predicted molar refractivity (Wildman–Crippen MR) is 133 cm³/mol. The molecule has 0 aliphatic carbocycles. The van der Waals surface area contributed by atoms with Crippen molar-refractivity contribution in [3.8, 4) is 0 Å². The monoisotopic (exact) mass is 466 g/mol. The Morgan fingerprint density at radius 1 is 0.912 bits per heavy atom. The maximum absolute atomic E-state index is 13.4. The molecule has 0 saturated carbocycles. The van der Waals surface area contributed by atoms with E-state index in [-0.39, 0.29) is 18.0 Å². The van der Waals surface area contributed by atoms with Gasteiger partial charge in [-0.15, -0.1) is 0 Å². The highest BCUT2D eigenvalue weighted by Crippen LogP contribution is 2.26. The zero-order valence-electron chi connectivity index (χ0n) is 21.0. The first-order valence-electron chi connectivity index (χ1n) is 12.4. The quantitative estimate of drug-likeness (QED) is 0.673. The number of piperazine rings is 1. The van der Waals surface area contributed by atoms with E-state index < -0.39 is 5.60 Å². The molecule has 2 aromatic rings. The van der Waals surface area contributed by atoms with E-state index in [9.17, 15) is 9.59 Å². The zero-order chi connectivity index (χ0) is 24.3. The number of amides is 2. The van der Waals surface area contributed by atoms with Gasteiger partial charge in [0, 0.05) is 58.1 Å². The van der Waals surface area contributed by atoms with Crippen molar-refractivity contribution in [3.63, 3.8) is 0 Å². The second-order valence-electron chi connectivity index (χ2n) is 10.5. The number of hydrogen-bond acceptors (Lipinski definition) is 4. The first-order valence-corrected chi connectivity index (χ1v) is 12.4. The summed E-state index contributed by atoms with van der Waals surface area (Å²) in [5.74, 6) is 0.107. The van der Waals surface area contributed by atoms with E-state index >= 15 is 0 Å². The Labute approximate surface area is 203 Å². The lowest BCUT2D eigenvalue weighted by atomic mass is 10.0. The number of ether oxygens (including phenoxy) is 1. The van der Waals surface area contributed by atoms with Gasteiger partial charge in [0.15, 0.2) is 0 Å². The number of carbonyl (C=O) groups is 2. The maximum atomic E-state index is 13.4. The van der Waals surface area contributed by atoms with E-state index in [1.807, 2.05) is 44.0 Å². The lowest BCUT2D eigenvalue weighted by molar-refractivity contribution is 0.0186. The molecular formula is C27H38N4O3. The van der Waals surface area contributed by atoms with E-state index in [0.29, 0.717) is 13.1 Å². The Morgan fingerprint density at radius 2 is 1.59 bits per heavy atom. The third kappa shape index (κ3) is 5.81. The molecular weight excluding hydrogens is 428 g/mol. The second-order valence-corrected chi connectivity index (χ2v) is 10.5. The summed E-state index contributed by atoms with van der Waals surface area (Å²) in [6, 6.07) is 12.6. The molecule has 0 N–H and O–H groups in total. The van der Waals surface area contributed by atoms with Crippen molar-refractivity contribution in [2.24, 2.45) is 0 Å². The van der Waals surface area contributed by atoms with Gasteiger partial charge < -0.3 is 19.1 Å². The Hall–Kier alpha value is -2.80. The summed E-state index contributed by atoms with van der Waals surface area (Å²) in [5, 5.41) is 0. The molecule has 0 spiro atoms. The number of rotatable bonds is 4. The first kappa shape index (κ1) is 24.3. The number of likely N-dealkylation sites (tertiary alicyclic amines) is 1. The van der Waals surface area contributed by atoms with E-state index in [0.717, 1.165) is 51.3 Å². The van der Waals surface area contributed by atoms with Crippen LogP contribution in [0.2, 0.25) is 0 Å². The van der Waals surface area contributed by atoms with Crippen molar-refractivity contribution in [1.82, 2.24) is 19.3 Å². The molecule has 0 radical (unpaired) electrons. The fourth-order valence-electron chi connectivity index (χ4n) is 4.85. The van der Waals surface area contributed by atoms with Gasteiger partial charge in [0.05, 0.1) is 0 Å². The van der Waals surface area contributed by atoms with Crippen LogP contribution in [0.5, 0.6) is 0 Å². The Morgan fingerprint density at radius 3 is 2.24 bits per heavy atom. The van der Waals surface area contributed by atoms with E-state index in [4.69, 9.17) is 4.74 Å². The van der Waals surface area contributed by atoms with Crippen LogP contribution >= 0.6 is 0 Å². The average Bonchev–Trinajstić information content (AvgIpc) is 3.29. The zero-order valence-corrected chi connectivity index (χ0v) is 21.0. The number of nitrogens with zero attached hydrogens (tertiary/aromatic N) is 4. The highest BCUT2D eigenvalue weighted by Gasteiger charge is 2.30. The minimum Gasteiger partial charge on any atom is -0.444 e. The molecule has 0 atom stereocenters. The molecule has 184 valence electrons. The van der Waals surface area contributed by atoms with Crippen molar-refractivity contribution in [2.75, 3.05) is 39.3 Å². The topological polar surface area (TPSA) is 58.0 Å². The van der Waals surface area contributed by atoms with Gasteiger partial charge in [0.2, 0.25) is 0 Å². The molecule has 0 unspecified atom stereocenters. The highest BCUT2D eigenvalue weighted by molar-refractivity contribution is 5.93. The molecule has 7 nitrogen and oxygen atoms in total. The highest BCUT2D eigenvalue weighted by atomic mass is 16.6. The molecule has 7 heteroatoms. The molecule has 1 aromatic heterocycles. The van der Waals surface area contributed by atoms with Gasteiger partial charge in [-0.1, -0.05) is 24.3 Å². The van der Waals surface area contributed by atoms with Crippen LogP contribution in [0.25, 0.3) is 0 Å². The van der Waals surface area contributed by atoms with E-state index in [1.165, 1.54) is 11.1 Å². The third-order valence-corrected chi connectivity index (χ3v) is 6.82. The molecule has 34 heavy (non-hydrogen) atoms. The van der Waals surface area contributed by atoms with Crippen LogP contribution in [0.1, 0.15) is 61.3 Å². The number of aromatic nitrogens is 1. The average molecular weight is 467 g/mol. The predicted octanol–water partition coefficient (Wildman–Crippen LogP) is 4.33. The van der Waals surface area contributed by atoms with Crippen molar-refractivity contribution in [3.05, 3.63) is 59.4 Å². The summed E-state index contributed by atoms with van der Waals surface area (Å²) in [7, 11) is 0. The SMILES string of the molecule is Cc1ccccc1CN1CCN(C(=O)c2cccn2C2CCN(C(=O)OC(C)(C)C)CC2)CC1.